The second-order valence-corrected chi connectivity index (χ2v) is 5.98. The minimum Gasteiger partial charge on any atom is -0.394 e. The molecular formula is C16H26N2O. The maximum absolute atomic E-state index is 9.95. The fourth-order valence-corrected chi connectivity index (χ4v) is 3.25. The van der Waals surface area contributed by atoms with E-state index in [1.165, 1.54) is 6.42 Å². The van der Waals surface area contributed by atoms with Gasteiger partial charge >= 0.3 is 0 Å². The third kappa shape index (κ3) is 2.99. The third-order valence-corrected chi connectivity index (χ3v) is 4.46. The quantitative estimate of drug-likeness (QED) is 0.850. The van der Waals surface area contributed by atoms with Crippen molar-refractivity contribution >= 4 is 0 Å². The maximum Gasteiger partial charge on any atom is 0.0795 e. The van der Waals surface area contributed by atoms with Crippen LogP contribution in [0.15, 0.2) is 30.3 Å². The highest BCUT2D eigenvalue weighted by Gasteiger charge is 2.36. The molecule has 106 valence electrons. The van der Waals surface area contributed by atoms with Gasteiger partial charge in [0.2, 0.25) is 0 Å². The molecule has 0 spiro atoms. The molecule has 0 saturated carbocycles. The van der Waals surface area contributed by atoms with Crippen molar-refractivity contribution in [2.45, 2.75) is 31.8 Å². The van der Waals surface area contributed by atoms with Crippen molar-refractivity contribution in [3.8, 4) is 0 Å². The highest BCUT2D eigenvalue weighted by Crippen LogP contribution is 2.28. The summed E-state index contributed by atoms with van der Waals surface area (Å²) in [6.45, 7) is 6.68. The van der Waals surface area contributed by atoms with Crippen molar-refractivity contribution in [3.05, 3.63) is 35.9 Å². The van der Waals surface area contributed by atoms with Gasteiger partial charge in [-0.15, -0.1) is 0 Å². The molecule has 0 amide bonds. The van der Waals surface area contributed by atoms with Gasteiger partial charge in [0.25, 0.3) is 0 Å². The Morgan fingerprint density at radius 2 is 2.00 bits per heavy atom. The minimum absolute atomic E-state index is 0.116. The molecule has 1 fully saturated rings. The van der Waals surface area contributed by atoms with Crippen LogP contribution in [0.2, 0.25) is 0 Å². The van der Waals surface area contributed by atoms with Gasteiger partial charge in [0.1, 0.15) is 0 Å². The van der Waals surface area contributed by atoms with E-state index in [-0.39, 0.29) is 12.1 Å². The van der Waals surface area contributed by atoms with Crippen molar-refractivity contribution in [2.24, 2.45) is 5.92 Å². The van der Waals surface area contributed by atoms with Crippen LogP contribution in [0.3, 0.4) is 0 Å². The Balaban J connectivity index is 2.21. The molecule has 1 aliphatic rings. The van der Waals surface area contributed by atoms with Gasteiger partial charge in [-0.05, 0) is 31.9 Å². The number of rotatable bonds is 5. The number of aliphatic hydroxyl groups is 1. The number of benzene rings is 1. The molecule has 3 unspecified atom stereocenters. The number of aliphatic hydroxyl groups excluding tert-OH is 1. The molecule has 0 radical (unpaired) electrons. The average molecular weight is 262 g/mol. The summed E-state index contributed by atoms with van der Waals surface area (Å²) >= 11 is 0. The SMILES string of the molecule is CNC(CO)(CN1CC(C)CC1C)c1ccccc1. The van der Waals surface area contributed by atoms with E-state index < -0.39 is 0 Å². The number of likely N-dealkylation sites (N-methyl/N-ethyl adjacent to an activating group) is 1. The van der Waals surface area contributed by atoms with Gasteiger partial charge in [-0.2, -0.15) is 0 Å². The summed E-state index contributed by atoms with van der Waals surface area (Å²) in [6.07, 6.45) is 1.25. The van der Waals surface area contributed by atoms with Crippen LogP contribution in [0.5, 0.6) is 0 Å². The first kappa shape index (κ1) is 14.5. The molecular weight excluding hydrogens is 236 g/mol. The van der Waals surface area contributed by atoms with Crippen LogP contribution in [0.25, 0.3) is 0 Å². The van der Waals surface area contributed by atoms with Gasteiger partial charge in [-0.1, -0.05) is 37.3 Å². The Labute approximate surface area is 116 Å². The van der Waals surface area contributed by atoms with E-state index >= 15 is 0 Å². The van der Waals surface area contributed by atoms with Crippen molar-refractivity contribution in [1.29, 1.82) is 0 Å². The molecule has 2 N–H and O–H groups in total. The van der Waals surface area contributed by atoms with E-state index in [1.807, 2.05) is 25.2 Å². The lowest BCUT2D eigenvalue weighted by molar-refractivity contribution is 0.108. The Bertz CT molecular complexity index is 389. The van der Waals surface area contributed by atoms with Crippen molar-refractivity contribution in [1.82, 2.24) is 10.2 Å². The molecule has 3 atom stereocenters. The minimum atomic E-state index is -0.362. The zero-order valence-electron chi connectivity index (χ0n) is 12.3. The molecule has 2 rings (SSSR count). The van der Waals surface area contributed by atoms with Gasteiger partial charge in [0.15, 0.2) is 0 Å². The second-order valence-electron chi connectivity index (χ2n) is 5.98. The van der Waals surface area contributed by atoms with Crippen LogP contribution in [0.1, 0.15) is 25.8 Å². The summed E-state index contributed by atoms with van der Waals surface area (Å²) in [5.41, 5.74) is 0.798. The molecule has 1 aromatic carbocycles. The normalized spacial score (nSPS) is 27.4. The van der Waals surface area contributed by atoms with Crippen LogP contribution in [0.4, 0.5) is 0 Å². The number of nitrogens with one attached hydrogen (secondary N) is 1. The zero-order valence-corrected chi connectivity index (χ0v) is 12.3. The van der Waals surface area contributed by atoms with Crippen LogP contribution in [-0.4, -0.2) is 42.8 Å². The van der Waals surface area contributed by atoms with Gasteiger partial charge in [0.05, 0.1) is 12.1 Å². The van der Waals surface area contributed by atoms with Crippen molar-refractivity contribution in [2.75, 3.05) is 26.7 Å². The van der Waals surface area contributed by atoms with E-state index in [9.17, 15) is 5.11 Å². The lowest BCUT2D eigenvalue weighted by Crippen LogP contribution is -2.53. The van der Waals surface area contributed by atoms with E-state index in [0.29, 0.717) is 6.04 Å². The zero-order chi connectivity index (χ0) is 13.9. The summed E-state index contributed by atoms with van der Waals surface area (Å²) in [4.78, 5) is 2.49. The molecule has 0 aromatic heterocycles. The molecule has 1 saturated heterocycles. The molecule has 3 nitrogen and oxygen atoms in total. The lowest BCUT2D eigenvalue weighted by atomic mass is 9.90. The average Bonchev–Trinajstić information content (AvgIpc) is 2.75. The highest BCUT2D eigenvalue weighted by atomic mass is 16.3. The van der Waals surface area contributed by atoms with Gasteiger partial charge in [0, 0.05) is 19.1 Å². The Morgan fingerprint density at radius 3 is 2.47 bits per heavy atom. The molecule has 0 aliphatic carbocycles. The molecule has 1 aliphatic heterocycles. The van der Waals surface area contributed by atoms with Gasteiger partial charge in [-0.25, -0.2) is 0 Å². The number of hydrogen-bond acceptors (Lipinski definition) is 3. The van der Waals surface area contributed by atoms with Crippen LogP contribution < -0.4 is 5.32 Å². The summed E-state index contributed by atoms with van der Waals surface area (Å²) < 4.78 is 0. The third-order valence-electron chi connectivity index (χ3n) is 4.46. The summed E-state index contributed by atoms with van der Waals surface area (Å²) in [6, 6.07) is 10.9. The molecule has 3 heteroatoms. The van der Waals surface area contributed by atoms with Crippen LogP contribution in [0, 0.1) is 5.92 Å². The van der Waals surface area contributed by atoms with E-state index in [0.717, 1.165) is 24.6 Å². The van der Waals surface area contributed by atoms with Crippen molar-refractivity contribution in [3.63, 3.8) is 0 Å². The lowest BCUT2D eigenvalue weighted by Gasteiger charge is -2.37. The van der Waals surface area contributed by atoms with Crippen LogP contribution in [-0.2, 0) is 5.54 Å². The highest BCUT2D eigenvalue weighted by molar-refractivity contribution is 5.25. The first-order chi connectivity index (χ1) is 9.11. The summed E-state index contributed by atoms with van der Waals surface area (Å²) in [5.74, 6) is 0.749. The Kier molecular flexibility index (Phi) is 4.61. The number of likely N-dealkylation sites (tertiary alicyclic amines) is 1. The fourth-order valence-electron chi connectivity index (χ4n) is 3.25. The predicted octanol–water partition coefficient (Wildman–Crippen LogP) is 1.82. The van der Waals surface area contributed by atoms with Gasteiger partial charge in [-0.3, -0.25) is 4.90 Å². The van der Waals surface area contributed by atoms with E-state index in [2.05, 4.69) is 36.2 Å². The topological polar surface area (TPSA) is 35.5 Å². The monoisotopic (exact) mass is 262 g/mol. The smallest absolute Gasteiger partial charge is 0.0795 e. The predicted molar refractivity (Wildman–Crippen MR) is 79.1 cm³/mol. The Hall–Kier alpha value is -0.900. The standard InChI is InChI=1S/C16H26N2O/c1-13-9-14(2)18(10-13)11-16(12-19,17-3)15-7-5-4-6-8-15/h4-8,13-14,17,19H,9-12H2,1-3H3. The molecule has 1 aromatic rings. The molecule has 0 bridgehead atoms. The van der Waals surface area contributed by atoms with E-state index in [1.54, 1.807) is 0 Å². The second kappa shape index (κ2) is 6.04. The first-order valence-corrected chi connectivity index (χ1v) is 7.20. The molecule has 19 heavy (non-hydrogen) atoms. The number of nitrogens with zero attached hydrogens (tertiary/aromatic N) is 1. The largest absolute Gasteiger partial charge is 0.394 e. The maximum atomic E-state index is 9.95. The van der Waals surface area contributed by atoms with E-state index in [4.69, 9.17) is 0 Å². The molecule has 1 heterocycles. The summed E-state index contributed by atoms with van der Waals surface area (Å²) in [7, 11) is 1.94. The Morgan fingerprint density at radius 1 is 1.32 bits per heavy atom. The van der Waals surface area contributed by atoms with Gasteiger partial charge < -0.3 is 10.4 Å². The van der Waals surface area contributed by atoms with Crippen LogP contribution >= 0.6 is 0 Å². The first-order valence-electron chi connectivity index (χ1n) is 7.20. The fraction of sp³-hybridized carbons (Fsp3) is 0.625. The van der Waals surface area contributed by atoms with Crippen molar-refractivity contribution < 1.29 is 5.11 Å². The number of hydrogen-bond donors (Lipinski definition) is 2. The summed E-state index contributed by atoms with van der Waals surface area (Å²) in [5, 5.41) is 13.3.